The zero-order valence-corrected chi connectivity index (χ0v) is 15.0. The Morgan fingerprint density at radius 2 is 1.43 bits per heavy atom. The van der Waals surface area contributed by atoms with Crippen molar-refractivity contribution in [2.45, 2.75) is 39.8 Å². The van der Waals surface area contributed by atoms with Gasteiger partial charge in [0, 0.05) is 18.2 Å². The van der Waals surface area contributed by atoms with Gasteiger partial charge in [0.15, 0.2) is 11.5 Å². The molecule has 5 heteroatoms. The quantitative estimate of drug-likeness (QED) is 0.723. The first-order valence-electron chi connectivity index (χ1n) is 7.66. The van der Waals surface area contributed by atoms with E-state index < -0.39 is 0 Å². The number of rotatable bonds is 7. The van der Waals surface area contributed by atoms with Gasteiger partial charge in [0.05, 0.1) is 21.3 Å². The van der Waals surface area contributed by atoms with Crippen molar-refractivity contribution in [2.24, 2.45) is 0 Å². The molecule has 0 radical (unpaired) electrons. The van der Waals surface area contributed by atoms with Crippen LogP contribution in [0.15, 0.2) is 18.2 Å². The summed E-state index contributed by atoms with van der Waals surface area (Å²) < 4.78 is 15.9. The maximum atomic E-state index is 12.4. The highest BCUT2D eigenvalue weighted by Gasteiger charge is 2.18. The van der Waals surface area contributed by atoms with E-state index in [9.17, 15) is 4.79 Å². The van der Waals surface area contributed by atoms with Gasteiger partial charge in [0.25, 0.3) is 0 Å². The van der Waals surface area contributed by atoms with E-state index in [2.05, 4.69) is 0 Å². The zero-order chi connectivity index (χ0) is 17.6. The minimum Gasteiger partial charge on any atom is -0.493 e. The third-order valence-electron chi connectivity index (χ3n) is 3.47. The topological polar surface area (TPSA) is 48.0 Å². The summed E-state index contributed by atoms with van der Waals surface area (Å²) in [5.41, 5.74) is 0.806. The molecule has 0 atom stereocenters. The van der Waals surface area contributed by atoms with E-state index in [0.29, 0.717) is 17.2 Å². The molecule has 0 aliphatic heterocycles. The molecule has 0 bridgehead atoms. The number of hydrogen-bond donors (Lipinski definition) is 0. The second-order valence-electron chi connectivity index (χ2n) is 5.73. The molecule has 1 aromatic carbocycles. The van der Waals surface area contributed by atoms with E-state index in [1.54, 1.807) is 45.6 Å². The fraction of sp³-hybridized carbons (Fsp3) is 0.500. The molecule has 1 aromatic rings. The van der Waals surface area contributed by atoms with Crippen LogP contribution in [-0.2, 0) is 4.79 Å². The lowest BCUT2D eigenvalue weighted by molar-refractivity contribution is -0.129. The number of carbonyl (C=O) groups is 1. The van der Waals surface area contributed by atoms with Crippen LogP contribution in [0.3, 0.4) is 0 Å². The first kappa shape index (κ1) is 18.9. The molecule has 0 aliphatic rings. The lowest BCUT2D eigenvalue weighted by Crippen LogP contribution is -2.41. The Morgan fingerprint density at radius 3 is 1.78 bits per heavy atom. The molecule has 0 saturated carbocycles. The summed E-state index contributed by atoms with van der Waals surface area (Å²) >= 11 is 0. The SMILES string of the molecule is COc1cc(/C=C/C(=O)N(C(C)C)C(C)C)cc(OC)c1OC. The lowest BCUT2D eigenvalue weighted by atomic mass is 10.1. The number of hydrogen-bond acceptors (Lipinski definition) is 4. The number of nitrogens with zero attached hydrogens (tertiary/aromatic N) is 1. The predicted molar refractivity (Wildman–Crippen MR) is 92.3 cm³/mol. The highest BCUT2D eigenvalue weighted by Crippen LogP contribution is 2.38. The number of methoxy groups -OCH3 is 3. The largest absolute Gasteiger partial charge is 0.493 e. The van der Waals surface area contributed by atoms with Crippen LogP contribution in [0.4, 0.5) is 0 Å². The van der Waals surface area contributed by atoms with Gasteiger partial charge in [-0.3, -0.25) is 4.79 Å². The molecular weight excluding hydrogens is 294 g/mol. The van der Waals surface area contributed by atoms with Crippen LogP contribution in [0.1, 0.15) is 33.3 Å². The fourth-order valence-electron chi connectivity index (χ4n) is 2.56. The Labute approximate surface area is 138 Å². The molecular formula is C18H27NO4. The van der Waals surface area contributed by atoms with Gasteiger partial charge in [-0.2, -0.15) is 0 Å². The van der Waals surface area contributed by atoms with Crippen LogP contribution in [0.5, 0.6) is 17.2 Å². The Kier molecular flexibility index (Phi) is 6.94. The Hall–Kier alpha value is -2.17. The fourth-order valence-corrected chi connectivity index (χ4v) is 2.56. The number of ether oxygens (including phenoxy) is 3. The minimum absolute atomic E-state index is 0.0243. The van der Waals surface area contributed by atoms with E-state index in [0.717, 1.165) is 5.56 Å². The summed E-state index contributed by atoms with van der Waals surface area (Å²) in [6.45, 7) is 8.02. The van der Waals surface area contributed by atoms with Gasteiger partial charge in [-0.05, 0) is 51.5 Å². The molecule has 0 spiro atoms. The van der Waals surface area contributed by atoms with Gasteiger partial charge in [0.1, 0.15) is 0 Å². The molecule has 1 rings (SSSR count). The van der Waals surface area contributed by atoms with E-state index in [1.165, 1.54) is 0 Å². The van der Waals surface area contributed by atoms with Crippen LogP contribution in [-0.4, -0.2) is 44.2 Å². The average Bonchev–Trinajstić information content (AvgIpc) is 2.50. The first-order chi connectivity index (χ1) is 10.8. The molecule has 0 aromatic heterocycles. The van der Waals surface area contributed by atoms with Gasteiger partial charge in [-0.25, -0.2) is 0 Å². The van der Waals surface area contributed by atoms with Crippen LogP contribution >= 0.6 is 0 Å². The highest BCUT2D eigenvalue weighted by molar-refractivity contribution is 5.92. The van der Waals surface area contributed by atoms with Crippen LogP contribution < -0.4 is 14.2 Å². The molecule has 23 heavy (non-hydrogen) atoms. The summed E-state index contributed by atoms with van der Waals surface area (Å²) in [7, 11) is 4.69. The molecule has 0 saturated heterocycles. The molecule has 128 valence electrons. The molecule has 0 heterocycles. The second-order valence-corrected chi connectivity index (χ2v) is 5.73. The number of benzene rings is 1. The molecule has 0 aliphatic carbocycles. The Balaban J connectivity index is 3.11. The standard InChI is InChI=1S/C18H27NO4/c1-12(2)19(13(3)4)17(20)9-8-14-10-15(21-5)18(23-7)16(11-14)22-6/h8-13H,1-7H3/b9-8+. The lowest BCUT2D eigenvalue weighted by Gasteiger charge is -2.29. The summed E-state index contributed by atoms with van der Waals surface area (Å²) in [5, 5.41) is 0. The first-order valence-corrected chi connectivity index (χ1v) is 7.66. The van der Waals surface area contributed by atoms with Crippen molar-refractivity contribution in [3.63, 3.8) is 0 Å². The maximum Gasteiger partial charge on any atom is 0.247 e. The van der Waals surface area contributed by atoms with Crippen molar-refractivity contribution in [1.82, 2.24) is 4.90 Å². The molecule has 5 nitrogen and oxygen atoms in total. The minimum atomic E-state index is -0.0243. The second kappa shape index (κ2) is 8.46. The van der Waals surface area contributed by atoms with E-state index in [4.69, 9.17) is 14.2 Å². The molecule has 0 fully saturated rings. The maximum absolute atomic E-state index is 12.4. The monoisotopic (exact) mass is 321 g/mol. The van der Waals surface area contributed by atoms with Crippen molar-refractivity contribution in [3.8, 4) is 17.2 Å². The average molecular weight is 321 g/mol. The van der Waals surface area contributed by atoms with E-state index >= 15 is 0 Å². The van der Waals surface area contributed by atoms with Crippen LogP contribution in [0.25, 0.3) is 6.08 Å². The van der Waals surface area contributed by atoms with Crippen molar-refractivity contribution in [3.05, 3.63) is 23.8 Å². The van der Waals surface area contributed by atoms with E-state index in [1.807, 2.05) is 32.6 Å². The summed E-state index contributed by atoms with van der Waals surface area (Å²) in [4.78, 5) is 14.2. The van der Waals surface area contributed by atoms with E-state index in [-0.39, 0.29) is 18.0 Å². The van der Waals surface area contributed by atoms with Crippen molar-refractivity contribution < 1.29 is 19.0 Å². The molecule has 0 N–H and O–H groups in total. The van der Waals surface area contributed by atoms with Crippen molar-refractivity contribution in [1.29, 1.82) is 0 Å². The number of amides is 1. The Bertz CT molecular complexity index is 531. The smallest absolute Gasteiger partial charge is 0.247 e. The van der Waals surface area contributed by atoms with Crippen molar-refractivity contribution >= 4 is 12.0 Å². The van der Waals surface area contributed by atoms with Gasteiger partial charge >= 0.3 is 0 Å². The van der Waals surface area contributed by atoms with Crippen molar-refractivity contribution in [2.75, 3.05) is 21.3 Å². The third-order valence-corrected chi connectivity index (χ3v) is 3.47. The Morgan fingerprint density at radius 1 is 0.957 bits per heavy atom. The number of carbonyl (C=O) groups excluding carboxylic acids is 1. The van der Waals surface area contributed by atoms with Gasteiger partial charge < -0.3 is 19.1 Å². The predicted octanol–water partition coefficient (Wildman–Crippen LogP) is 3.37. The van der Waals surface area contributed by atoms with Gasteiger partial charge in [-0.15, -0.1) is 0 Å². The third kappa shape index (κ3) is 4.65. The zero-order valence-electron chi connectivity index (χ0n) is 15.0. The van der Waals surface area contributed by atoms with Gasteiger partial charge in [0.2, 0.25) is 11.7 Å². The highest BCUT2D eigenvalue weighted by atomic mass is 16.5. The van der Waals surface area contributed by atoms with Gasteiger partial charge in [-0.1, -0.05) is 0 Å². The molecule has 1 amide bonds. The summed E-state index contributed by atoms with van der Waals surface area (Å²) in [6, 6.07) is 3.90. The van der Waals surface area contributed by atoms with Crippen LogP contribution in [0.2, 0.25) is 0 Å². The summed E-state index contributed by atoms with van der Waals surface area (Å²) in [5.74, 6) is 1.63. The molecule has 0 unspecified atom stereocenters. The van der Waals surface area contributed by atoms with Crippen LogP contribution in [0, 0.1) is 0 Å². The summed E-state index contributed by atoms with van der Waals surface area (Å²) in [6.07, 6.45) is 3.32. The normalized spacial score (nSPS) is 11.2.